The van der Waals surface area contributed by atoms with E-state index in [-0.39, 0.29) is 19.3 Å². The minimum Gasteiger partial charge on any atom is -0.472 e. The second-order valence-corrected chi connectivity index (χ2v) is 12.6. The quantitative estimate of drug-likeness (QED) is 0.504. The fraction of sp³-hybridized carbons (Fsp3) is 0.741. The SMILES string of the molecule is COC(=O)[C@H](O)[C@H]1[C@@]2(C)C[C@]3(O)O[C@@]4(CC(=O)[C@H]2O)[C@@H]2CC(=O)O[C@@H](c5ccoc5)[C@]2(C)CC[C@@H]4[C@]13C. The van der Waals surface area contributed by atoms with Gasteiger partial charge in [-0.05, 0) is 24.8 Å². The number of furan rings is 1. The second kappa shape index (κ2) is 7.43. The Morgan fingerprint density at radius 3 is 2.57 bits per heavy atom. The van der Waals surface area contributed by atoms with Gasteiger partial charge in [0.05, 0.1) is 31.7 Å². The predicted octanol–water partition coefficient (Wildman–Crippen LogP) is 1.66. The maximum Gasteiger partial charge on any atom is 0.335 e. The van der Waals surface area contributed by atoms with Gasteiger partial charge in [-0.1, -0.05) is 20.8 Å². The molecule has 6 aliphatic rings. The Morgan fingerprint density at radius 1 is 1.19 bits per heavy atom. The van der Waals surface area contributed by atoms with Gasteiger partial charge in [0.2, 0.25) is 0 Å². The highest BCUT2D eigenvalue weighted by molar-refractivity contribution is 5.86. The van der Waals surface area contributed by atoms with Gasteiger partial charge in [0.25, 0.3) is 0 Å². The van der Waals surface area contributed by atoms with Crippen molar-refractivity contribution in [2.24, 2.45) is 34.0 Å². The minimum absolute atomic E-state index is 0.0294. The Morgan fingerprint density at radius 2 is 1.92 bits per heavy atom. The van der Waals surface area contributed by atoms with Crippen molar-refractivity contribution < 1.29 is 48.3 Å². The average Bonchev–Trinajstić information content (AvgIpc) is 3.47. The minimum atomic E-state index is -1.86. The fourth-order valence-electron chi connectivity index (χ4n) is 9.62. The number of esters is 2. The van der Waals surface area contributed by atoms with Crippen molar-refractivity contribution in [3.8, 4) is 0 Å². The molecule has 3 N–H and O–H groups in total. The van der Waals surface area contributed by atoms with Crippen molar-refractivity contribution in [3.63, 3.8) is 0 Å². The van der Waals surface area contributed by atoms with Crippen molar-refractivity contribution in [1.29, 1.82) is 0 Å². The number of carbonyl (C=O) groups excluding carboxylic acids is 3. The number of ketones is 1. The lowest BCUT2D eigenvalue weighted by Gasteiger charge is -2.61. The standard InChI is InChI=1S/C27H34O10/c1-23-7-5-15-25(3)19(18(30)22(32)34-4)24(2)12-27(25,33)37-26(15,10-14(28)20(24)31)16(23)9-17(29)36-21(23)13-6-8-35-11-13/h6,8,11,15-16,18-21,30-31,33H,5,7,9-10,12H2,1-4H3/t15-,16-,18-,19+,20-,21+,23-,24-,25-,26-,27+/m1/s1. The summed E-state index contributed by atoms with van der Waals surface area (Å²) >= 11 is 0. The van der Waals surface area contributed by atoms with Crippen molar-refractivity contribution in [2.45, 2.75) is 82.6 Å². The maximum atomic E-state index is 13.7. The lowest BCUT2D eigenvalue weighted by atomic mass is 9.45. The zero-order valence-corrected chi connectivity index (χ0v) is 21.4. The molecule has 1 spiro atoms. The molecule has 0 aromatic carbocycles. The Labute approximate surface area is 214 Å². The third kappa shape index (κ3) is 2.77. The average molecular weight is 519 g/mol. The van der Waals surface area contributed by atoms with Gasteiger partial charge in [-0.3, -0.25) is 9.59 Å². The van der Waals surface area contributed by atoms with E-state index in [2.05, 4.69) is 0 Å². The molecule has 4 heterocycles. The topological polar surface area (TPSA) is 153 Å². The number of ether oxygens (including phenoxy) is 3. The van der Waals surface area contributed by atoms with Crippen LogP contribution < -0.4 is 0 Å². The molecule has 1 aromatic rings. The molecule has 3 saturated carbocycles. The molecule has 3 saturated heterocycles. The molecule has 10 heteroatoms. The van der Waals surface area contributed by atoms with Gasteiger partial charge in [-0.25, -0.2) is 4.79 Å². The van der Waals surface area contributed by atoms with Crippen LogP contribution in [0.15, 0.2) is 23.0 Å². The molecule has 0 radical (unpaired) electrons. The molecule has 0 amide bonds. The number of carbonyl (C=O) groups is 3. The molecular formula is C27H34O10. The van der Waals surface area contributed by atoms with Gasteiger partial charge in [0.1, 0.15) is 12.2 Å². The number of cyclic esters (lactones) is 1. The highest BCUT2D eigenvalue weighted by Crippen LogP contribution is 2.78. The summed E-state index contributed by atoms with van der Waals surface area (Å²) < 4.78 is 22.7. The number of aliphatic hydroxyl groups excluding tert-OH is 2. The third-order valence-corrected chi connectivity index (χ3v) is 11.1. The normalized spacial score (nSPS) is 51.1. The van der Waals surface area contributed by atoms with Crippen LogP contribution in [0.25, 0.3) is 0 Å². The third-order valence-electron chi connectivity index (χ3n) is 11.1. The molecule has 7 rings (SSSR count). The second-order valence-electron chi connectivity index (χ2n) is 12.6. The Kier molecular flexibility index (Phi) is 5.03. The van der Waals surface area contributed by atoms with Crippen LogP contribution in [0.2, 0.25) is 0 Å². The van der Waals surface area contributed by atoms with Gasteiger partial charge in [-0.2, -0.15) is 0 Å². The lowest BCUT2D eigenvalue weighted by molar-refractivity contribution is -0.288. The van der Waals surface area contributed by atoms with E-state index >= 15 is 0 Å². The number of Topliss-reactive ketones (excluding diaryl/α,β-unsaturated/α-hetero) is 1. The molecule has 3 aliphatic heterocycles. The first-order valence-corrected chi connectivity index (χ1v) is 12.9. The molecule has 1 aromatic heterocycles. The van der Waals surface area contributed by atoms with E-state index in [0.29, 0.717) is 18.4 Å². The van der Waals surface area contributed by atoms with Crippen molar-refractivity contribution in [1.82, 2.24) is 0 Å². The Balaban J connectivity index is 1.56. The number of methoxy groups -OCH3 is 1. The van der Waals surface area contributed by atoms with E-state index in [1.54, 1.807) is 19.9 Å². The summed E-state index contributed by atoms with van der Waals surface area (Å²) in [5.41, 5.74) is -3.84. The maximum absolute atomic E-state index is 13.7. The summed E-state index contributed by atoms with van der Waals surface area (Å²) in [6.45, 7) is 5.40. The smallest absolute Gasteiger partial charge is 0.335 e. The van der Waals surface area contributed by atoms with Crippen LogP contribution in [0, 0.1) is 34.0 Å². The Bertz CT molecular complexity index is 1160. The first-order chi connectivity index (χ1) is 17.3. The van der Waals surface area contributed by atoms with E-state index in [0.717, 1.165) is 7.11 Å². The van der Waals surface area contributed by atoms with Gasteiger partial charge in [-0.15, -0.1) is 0 Å². The highest BCUT2D eigenvalue weighted by Gasteiger charge is 2.85. The van der Waals surface area contributed by atoms with Crippen molar-refractivity contribution in [2.75, 3.05) is 7.11 Å². The molecule has 4 bridgehead atoms. The fourth-order valence-corrected chi connectivity index (χ4v) is 9.62. The summed E-state index contributed by atoms with van der Waals surface area (Å²) in [5.74, 6) is -5.76. The molecule has 10 nitrogen and oxygen atoms in total. The van der Waals surface area contributed by atoms with Crippen molar-refractivity contribution >= 4 is 17.7 Å². The lowest BCUT2D eigenvalue weighted by Crippen LogP contribution is -2.65. The van der Waals surface area contributed by atoms with E-state index < -0.39 is 81.4 Å². The highest BCUT2D eigenvalue weighted by atomic mass is 16.7. The van der Waals surface area contributed by atoms with E-state index in [4.69, 9.17) is 18.6 Å². The van der Waals surface area contributed by atoms with Crippen LogP contribution in [-0.4, -0.2) is 63.7 Å². The Hall–Kier alpha value is -2.27. The van der Waals surface area contributed by atoms with E-state index in [1.807, 2.05) is 6.92 Å². The summed E-state index contributed by atoms with van der Waals surface area (Å²) in [5, 5.41) is 34.9. The molecule has 202 valence electrons. The van der Waals surface area contributed by atoms with Crippen LogP contribution in [0.3, 0.4) is 0 Å². The molecule has 37 heavy (non-hydrogen) atoms. The van der Waals surface area contributed by atoms with Gasteiger partial charge in [0, 0.05) is 46.5 Å². The van der Waals surface area contributed by atoms with E-state index in [1.165, 1.54) is 12.5 Å². The largest absolute Gasteiger partial charge is 0.472 e. The van der Waals surface area contributed by atoms with E-state index in [9.17, 15) is 29.7 Å². The molecular weight excluding hydrogens is 484 g/mol. The van der Waals surface area contributed by atoms with Crippen molar-refractivity contribution in [3.05, 3.63) is 24.2 Å². The number of rotatable bonds is 3. The van der Waals surface area contributed by atoms with Crippen LogP contribution in [0.1, 0.15) is 64.5 Å². The van der Waals surface area contributed by atoms with Crippen LogP contribution in [0.4, 0.5) is 0 Å². The summed E-state index contributed by atoms with van der Waals surface area (Å²) in [4.78, 5) is 39.3. The molecule has 3 aliphatic carbocycles. The number of aliphatic hydroxyl groups is 3. The van der Waals surface area contributed by atoms with Gasteiger partial charge < -0.3 is 33.9 Å². The molecule has 0 unspecified atom stereocenters. The van der Waals surface area contributed by atoms with Crippen LogP contribution in [-0.2, 0) is 28.6 Å². The zero-order chi connectivity index (χ0) is 26.8. The van der Waals surface area contributed by atoms with Crippen LogP contribution >= 0.6 is 0 Å². The number of hydrogen-bond acceptors (Lipinski definition) is 10. The number of hydrogen-bond donors (Lipinski definition) is 3. The first-order valence-electron chi connectivity index (χ1n) is 12.9. The summed E-state index contributed by atoms with van der Waals surface area (Å²) in [7, 11) is 1.16. The predicted molar refractivity (Wildman–Crippen MR) is 123 cm³/mol. The molecule has 11 atom stereocenters. The zero-order valence-electron chi connectivity index (χ0n) is 21.4. The summed E-state index contributed by atoms with van der Waals surface area (Å²) in [6, 6.07) is 1.75. The van der Waals surface area contributed by atoms with Crippen LogP contribution in [0.5, 0.6) is 0 Å². The van der Waals surface area contributed by atoms with Gasteiger partial charge >= 0.3 is 11.9 Å². The van der Waals surface area contributed by atoms with Gasteiger partial charge in [0.15, 0.2) is 17.7 Å². The summed E-state index contributed by atoms with van der Waals surface area (Å²) in [6.07, 6.45) is -0.163. The number of fused-ring (bicyclic) bond motifs is 3. The molecule has 6 fully saturated rings. The monoisotopic (exact) mass is 518 g/mol. The first kappa shape index (κ1) is 25.0.